The van der Waals surface area contributed by atoms with Crippen molar-refractivity contribution >= 4 is 33.4 Å². The molecular formula is C24H24N2O3S2. The Morgan fingerprint density at radius 2 is 1.61 bits per heavy atom. The number of nitrogens with zero attached hydrogens (tertiary/aromatic N) is 1. The van der Waals surface area contributed by atoms with Crippen LogP contribution in [0.2, 0.25) is 0 Å². The number of carbonyl (C=O) groups is 1. The summed E-state index contributed by atoms with van der Waals surface area (Å²) in [6, 6.07) is 22.5. The molecule has 1 amide bonds. The van der Waals surface area contributed by atoms with Gasteiger partial charge in [0.2, 0.25) is 5.91 Å². The Bertz CT molecular complexity index is 1210. The second-order valence-corrected chi connectivity index (χ2v) is 10.3. The molecule has 0 radical (unpaired) electrons. The zero-order valence-corrected chi connectivity index (χ0v) is 18.9. The van der Waals surface area contributed by atoms with Crippen molar-refractivity contribution in [2.45, 2.75) is 17.6 Å². The Hall–Kier alpha value is -2.77. The number of fused-ring (bicyclic) bond motifs is 3. The van der Waals surface area contributed by atoms with E-state index in [9.17, 15) is 13.2 Å². The molecule has 5 nitrogen and oxygen atoms in total. The third-order valence-electron chi connectivity index (χ3n) is 5.29. The molecule has 0 aliphatic carbocycles. The highest BCUT2D eigenvalue weighted by molar-refractivity contribution is 7.98. The third-order valence-corrected chi connectivity index (χ3v) is 8.12. The van der Waals surface area contributed by atoms with Crippen LogP contribution in [0.3, 0.4) is 0 Å². The van der Waals surface area contributed by atoms with Gasteiger partial charge in [0.25, 0.3) is 10.0 Å². The summed E-state index contributed by atoms with van der Waals surface area (Å²) in [4.78, 5) is 12.8. The number of aryl methyl sites for hydroxylation is 1. The van der Waals surface area contributed by atoms with Crippen LogP contribution in [0.1, 0.15) is 11.1 Å². The van der Waals surface area contributed by atoms with Crippen LogP contribution >= 0.6 is 11.8 Å². The molecule has 0 atom stereocenters. The first kappa shape index (κ1) is 21.5. The van der Waals surface area contributed by atoms with Crippen molar-refractivity contribution < 1.29 is 13.2 Å². The van der Waals surface area contributed by atoms with E-state index in [1.807, 2.05) is 30.3 Å². The molecular weight excluding hydrogens is 428 g/mol. The van der Waals surface area contributed by atoms with Gasteiger partial charge in [0.15, 0.2) is 0 Å². The van der Waals surface area contributed by atoms with Crippen LogP contribution in [0, 0.1) is 6.92 Å². The highest BCUT2D eigenvalue weighted by Gasteiger charge is 2.35. The molecule has 1 heterocycles. The first-order valence-electron chi connectivity index (χ1n) is 10.1. The number of amides is 1. The maximum Gasteiger partial charge on any atom is 0.265 e. The lowest BCUT2D eigenvalue weighted by atomic mass is 10.0. The first-order valence-corrected chi connectivity index (χ1v) is 12.7. The van der Waals surface area contributed by atoms with E-state index in [-0.39, 0.29) is 17.3 Å². The van der Waals surface area contributed by atoms with Crippen LogP contribution < -0.4 is 9.62 Å². The van der Waals surface area contributed by atoms with Crippen molar-refractivity contribution in [3.63, 3.8) is 0 Å². The van der Waals surface area contributed by atoms with Crippen molar-refractivity contribution in [3.05, 3.63) is 83.9 Å². The van der Waals surface area contributed by atoms with E-state index in [2.05, 4.69) is 24.4 Å². The lowest BCUT2D eigenvalue weighted by molar-refractivity contribution is -0.119. The van der Waals surface area contributed by atoms with Gasteiger partial charge in [0.1, 0.15) is 6.54 Å². The molecule has 1 aliphatic heterocycles. The van der Waals surface area contributed by atoms with Crippen molar-refractivity contribution in [2.75, 3.05) is 23.1 Å². The molecule has 0 saturated heterocycles. The van der Waals surface area contributed by atoms with Gasteiger partial charge in [-0.2, -0.15) is 11.8 Å². The van der Waals surface area contributed by atoms with Crippen LogP contribution in [-0.2, 0) is 20.6 Å². The van der Waals surface area contributed by atoms with E-state index in [4.69, 9.17) is 0 Å². The molecule has 0 bridgehead atoms. The number of hydrogen-bond donors (Lipinski definition) is 1. The van der Waals surface area contributed by atoms with E-state index in [0.29, 0.717) is 17.8 Å². The zero-order chi connectivity index (χ0) is 21.8. The molecule has 160 valence electrons. The predicted molar refractivity (Wildman–Crippen MR) is 127 cm³/mol. The number of rotatable bonds is 7. The molecule has 0 fully saturated rings. The number of thioether (sulfide) groups is 1. The van der Waals surface area contributed by atoms with E-state index in [1.54, 1.807) is 42.1 Å². The molecule has 4 rings (SSSR count). The van der Waals surface area contributed by atoms with E-state index in [1.165, 1.54) is 15.4 Å². The quantitative estimate of drug-likeness (QED) is 0.545. The Labute approximate surface area is 187 Å². The van der Waals surface area contributed by atoms with Gasteiger partial charge in [-0.1, -0.05) is 60.7 Å². The Balaban J connectivity index is 1.39. The highest BCUT2D eigenvalue weighted by atomic mass is 32.2. The summed E-state index contributed by atoms with van der Waals surface area (Å²) in [7, 11) is -3.80. The standard InChI is InChI=1S/C24H24N2O3S2/c1-18-8-2-3-9-19(18)17-30-15-14-25-24(27)16-26-22-12-6-4-10-20(22)21-11-5-7-13-23(21)31(26,28)29/h2-13H,14-17H2,1H3,(H,25,27). The van der Waals surface area contributed by atoms with Gasteiger partial charge in [-0.25, -0.2) is 8.42 Å². The average molecular weight is 453 g/mol. The first-order chi connectivity index (χ1) is 15.0. The Morgan fingerprint density at radius 3 is 2.42 bits per heavy atom. The van der Waals surface area contributed by atoms with Crippen LogP contribution in [0.25, 0.3) is 11.1 Å². The number of benzene rings is 3. The van der Waals surface area contributed by atoms with Crippen LogP contribution in [0.5, 0.6) is 0 Å². The zero-order valence-electron chi connectivity index (χ0n) is 17.2. The minimum atomic E-state index is -3.80. The second-order valence-electron chi connectivity index (χ2n) is 7.35. The van der Waals surface area contributed by atoms with E-state index in [0.717, 1.165) is 17.1 Å². The largest absolute Gasteiger partial charge is 0.354 e. The molecule has 0 unspecified atom stereocenters. The number of hydrogen-bond acceptors (Lipinski definition) is 4. The summed E-state index contributed by atoms with van der Waals surface area (Å²) in [5.41, 5.74) is 4.56. The lowest BCUT2D eigenvalue weighted by Crippen LogP contribution is -2.43. The van der Waals surface area contributed by atoms with Crippen LogP contribution in [0.15, 0.2) is 77.7 Å². The van der Waals surface area contributed by atoms with Crippen molar-refractivity contribution in [1.82, 2.24) is 5.32 Å². The minimum absolute atomic E-state index is 0.232. The van der Waals surface area contributed by atoms with Gasteiger partial charge in [-0.15, -0.1) is 0 Å². The summed E-state index contributed by atoms with van der Waals surface area (Å²) >= 11 is 1.74. The smallest absolute Gasteiger partial charge is 0.265 e. The van der Waals surface area contributed by atoms with Gasteiger partial charge in [0.05, 0.1) is 10.6 Å². The molecule has 1 N–H and O–H groups in total. The Morgan fingerprint density at radius 1 is 0.935 bits per heavy atom. The second kappa shape index (κ2) is 9.16. The van der Waals surface area contributed by atoms with Gasteiger partial charge < -0.3 is 5.32 Å². The van der Waals surface area contributed by atoms with Crippen molar-refractivity contribution in [2.24, 2.45) is 0 Å². The Kier molecular flexibility index (Phi) is 6.34. The maximum absolute atomic E-state index is 13.2. The fraction of sp³-hybridized carbons (Fsp3) is 0.208. The van der Waals surface area contributed by atoms with Gasteiger partial charge in [-0.05, 0) is 30.2 Å². The highest BCUT2D eigenvalue weighted by Crippen LogP contribution is 2.42. The third kappa shape index (κ3) is 4.48. The number of para-hydroxylation sites is 1. The molecule has 0 spiro atoms. The van der Waals surface area contributed by atoms with Crippen LogP contribution in [-0.4, -0.2) is 33.2 Å². The van der Waals surface area contributed by atoms with Crippen molar-refractivity contribution in [3.8, 4) is 11.1 Å². The average Bonchev–Trinajstić information content (AvgIpc) is 2.78. The van der Waals surface area contributed by atoms with Gasteiger partial charge in [-0.3, -0.25) is 9.10 Å². The molecule has 3 aromatic rings. The van der Waals surface area contributed by atoms with E-state index >= 15 is 0 Å². The number of carbonyl (C=O) groups excluding carboxylic acids is 1. The van der Waals surface area contributed by atoms with Crippen molar-refractivity contribution in [1.29, 1.82) is 0 Å². The molecule has 3 aromatic carbocycles. The SMILES string of the molecule is Cc1ccccc1CSCCNC(=O)CN1c2ccccc2-c2ccccc2S1(=O)=O. The summed E-state index contributed by atoms with van der Waals surface area (Å²) < 4.78 is 27.6. The fourth-order valence-electron chi connectivity index (χ4n) is 3.65. The molecule has 0 aromatic heterocycles. The number of nitrogens with one attached hydrogen (secondary N) is 1. The molecule has 1 aliphatic rings. The number of sulfonamides is 1. The monoisotopic (exact) mass is 452 g/mol. The summed E-state index contributed by atoms with van der Waals surface area (Å²) in [6.45, 7) is 2.34. The predicted octanol–water partition coefficient (Wildman–Crippen LogP) is 4.22. The molecule has 31 heavy (non-hydrogen) atoms. The topological polar surface area (TPSA) is 66.5 Å². The van der Waals surface area contributed by atoms with E-state index < -0.39 is 10.0 Å². The normalized spacial score (nSPS) is 13.9. The summed E-state index contributed by atoms with van der Waals surface area (Å²) in [5.74, 6) is 1.33. The minimum Gasteiger partial charge on any atom is -0.354 e. The lowest BCUT2D eigenvalue weighted by Gasteiger charge is -2.31. The van der Waals surface area contributed by atoms with Gasteiger partial charge in [0, 0.05) is 29.2 Å². The summed E-state index contributed by atoms with van der Waals surface area (Å²) in [6.07, 6.45) is 0. The van der Waals surface area contributed by atoms with Crippen LogP contribution in [0.4, 0.5) is 5.69 Å². The summed E-state index contributed by atoms with van der Waals surface area (Å²) in [5, 5.41) is 2.86. The molecule has 7 heteroatoms. The maximum atomic E-state index is 13.2. The number of anilines is 1. The van der Waals surface area contributed by atoms with Gasteiger partial charge >= 0.3 is 0 Å². The fourth-order valence-corrected chi connectivity index (χ4v) is 6.24. The molecule has 0 saturated carbocycles.